The van der Waals surface area contributed by atoms with Gasteiger partial charge in [-0.3, -0.25) is 5.32 Å². The Kier molecular flexibility index (Phi) is 5.02. The molecule has 1 rings (SSSR count). The van der Waals surface area contributed by atoms with E-state index in [1.165, 1.54) is 0 Å². The number of rotatable bonds is 3. The van der Waals surface area contributed by atoms with Gasteiger partial charge in [0.05, 0.1) is 11.1 Å². The van der Waals surface area contributed by atoms with Crippen LogP contribution < -0.4 is 10.1 Å². The van der Waals surface area contributed by atoms with Crippen LogP contribution in [0.5, 0.6) is 5.75 Å². The monoisotopic (exact) mass is 315 g/mol. The van der Waals surface area contributed by atoms with Crippen LogP contribution in [-0.2, 0) is 4.74 Å². The number of amides is 1. The molecule has 0 aromatic heterocycles. The zero-order chi connectivity index (χ0) is 13.8. The Bertz CT molecular complexity index is 427. The number of ether oxygens (including phenoxy) is 2. The SMILES string of the molecule is CCOc1cc(NC(=O)OC(C)(C)C)ccc1Br. The van der Waals surface area contributed by atoms with Crippen LogP contribution in [0.3, 0.4) is 0 Å². The Balaban J connectivity index is 2.73. The summed E-state index contributed by atoms with van der Waals surface area (Å²) in [6.45, 7) is 7.92. The fourth-order valence-electron chi connectivity index (χ4n) is 1.27. The third-order valence-corrected chi connectivity index (χ3v) is 2.53. The van der Waals surface area contributed by atoms with Crippen molar-refractivity contribution in [2.24, 2.45) is 0 Å². The lowest BCUT2D eigenvalue weighted by molar-refractivity contribution is 0.0636. The van der Waals surface area contributed by atoms with Crippen molar-refractivity contribution >= 4 is 27.7 Å². The standard InChI is InChI=1S/C13H18BrNO3/c1-5-17-11-8-9(6-7-10(11)14)15-12(16)18-13(2,3)4/h6-8H,5H2,1-4H3,(H,15,16). The van der Waals surface area contributed by atoms with E-state index in [9.17, 15) is 4.79 Å². The molecule has 18 heavy (non-hydrogen) atoms. The first kappa shape index (κ1) is 14.8. The predicted octanol–water partition coefficient (Wildman–Crippen LogP) is 4.19. The van der Waals surface area contributed by atoms with Gasteiger partial charge >= 0.3 is 6.09 Å². The van der Waals surface area contributed by atoms with Crippen LogP contribution in [0.1, 0.15) is 27.7 Å². The Morgan fingerprint density at radius 3 is 2.61 bits per heavy atom. The topological polar surface area (TPSA) is 47.6 Å². The molecular formula is C13H18BrNO3. The summed E-state index contributed by atoms with van der Waals surface area (Å²) in [4.78, 5) is 11.6. The fourth-order valence-corrected chi connectivity index (χ4v) is 1.63. The second-order valence-corrected chi connectivity index (χ2v) is 5.56. The summed E-state index contributed by atoms with van der Waals surface area (Å²) in [5, 5.41) is 2.66. The van der Waals surface area contributed by atoms with E-state index in [0.29, 0.717) is 18.0 Å². The van der Waals surface area contributed by atoms with Gasteiger partial charge in [-0.1, -0.05) is 0 Å². The molecule has 1 aromatic rings. The van der Waals surface area contributed by atoms with Crippen molar-refractivity contribution in [3.8, 4) is 5.75 Å². The largest absolute Gasteiger partial charge is 0.493 e. The number of carbonyl (C=O) groups excluding carboxylic acids is 1. The predicted molar refractivity (Wildman–Crippen MR) is 75.2 cm³/mol. The lowest BCUT2D eigenvalue weighted by Gasteiger charge is -2.19. The van der Waals surface area contributed by atoms with E-state index in [0.717, 1.165) is 4.47 Å². The van der Waals surface area contributed by atoms with E-state index in [-0.39, 0.29) is 0 Å². The van der Waals surface area contributed by atoms with Crippen LogP contribution in [0.25, 0.3) is 0 Å². The van der Waals surface area contributed by atoms with E-state index in [1.54, 1.807) is 12.1 Å². The molecule has 0 spiro atoms. The van der Waals surface area contributed by atoms with Crippen molar-refractivity contribution in [1.29, 1.82) is 0 Å². The number of anilines is 1. The van der Waals surface area contributed by atoms with Gasteiger partial charge in [0.25, 0.3) is 0 Å². The van der Waals surface area contributed by atoms with Crippen molar-refractivity contribution in [2.75, 3.05) is 11.9 Å². The highest BCUT2D eigenvalue weighted by Crippen LogP contribution is 2.28. The summed E-state index contributed by atoms with van der Waals surface area (Å²) in [6, 6.07) is 5.34. The van der Waals surface area contributed by atoms with Gasteiger partial charge in [-0.05, 0) is 55.8 Å². The van der Waals surface area contributed by atoms with Crippen molar-refractivity contribution in [2.45, 2.75) is 33.3 Å². The minimum absolute atomic E-state index is 0.479. The molecule has 4 nitrogen and oxygen atoms in total. The first-order chi connectivity index (χ1) is 8.31. The normalized spacial score (nSPS) is 10.9. The third kappa shape index (κ3) is 4.96. The molecule has 0 saturated carbocycles. The molecule has 0 aliphatic carbocycles. The molecule has 0 saturated heterocycles. The smallest absolute Gasteiger partial charge is 0.412 e. The van der Waals surface area contributed by atoms with Crippen LogP contribution in [0.2, 0.25) is 0 Å². The lowest BCUT2D eigenvalue weighted by Crippen LogP contribution is -2.27. The summed E-state index contributed by atoms with van der Waals surface area (Å²) < 4.78 is 11.4. The van der Waals surface area contributed by atoms with E-state index in [2.05, 4.69) is 21.2 Å². The zero-order valence-corrected chi connectivity index (χ0v) is 12.6. The highest BCUT2D eigenvalue weighted by atomic mass is 79.9. The number of carbonyl (C=O) groups is 1. The van der Waals surface area contributed by atoms with Crippen molar-refractivity contribution in [1.82, 2.24) is 0 Å². The van der Waals surface area contributed by atoms with Gasteiger partial charge < -0.3 is 9.47 Å². The number of hydrogen-bond acceptors (Lipinski definition) is 3. The first-order valence-corrected chi connectivity index (χ1v) is 6.53. The van der Waals surface area contributed by atoms with Gasteiger partial charge in [0.15, 0.2) is 0 Å². The maximum Gasteiger partial charge on any atom is 0.412 e. The number of hydrogen-bond donors (Lipinski definition) is 1. The van der Waals surface area contributed by atoms with Crippen LogP contribution in [0, 0.1) is 0 Å². The zero-order valence-electron chi connectivity index (χ0n) is 11.0. The molecule has 0 bridgehead atoms. The van der Waals surface area contributed by atoms with E-state index in [1.807, 2.05) is 33.8 Å². The van der Waals surface area contributed by atoms with Gasteiger partial charge in [-0.2, -0.15) is 0 Å². The molecule has 1 aromatic carbocycles. The molecule has 1 amide bonds. The van der Waals surface area contributed by atoms with E-state index < -0.39 is 11.7 Å². The first-order valence-electron chi connectivity index (χ1n) is 5.74. The van der Waals surface area contributed by atoms with E-state index in [4.69, 9.17) is 9.47 Å². The second-order valence-electron chi connectivity index (χ2n) is 4.71. The van der Waals surface area contributed by atoms with Crippen LogP contribution in [-0.4, -0.2) is 18.3 Å². The summed E-state index contributed by atoms with van der Waals surface area (Å²) in [5.41, 5.74) is 0.123. The molecule has 100 valence electrons. The Labute approximate surface area is 116 Å². The maximum atomic E-state index is 11.6. The minimum Gasteiger partial charge on any atom is -0.493 e. The fraction of sp³-hybridized carbons (Fsp3) is 0.462. The average Bonchev–Trinajstić information content (AvgIpc) is 2.20. The Hall–Kier alpha value is -1.23. The number of nitrogens with one attached hydrogen (secondary N) is 1. The Morgan fingerprint density at radius 1 is 1.39 bits per heavy atom. The highest BCUT2D eigenvalue weighted by Gasteiger charge is 2.16. The molecule has 0 aliphatic rings. The summed E-state index contributed by atoms with van der Waals surface area (Å²) in [5.74, 6) is 0.686. The molecule has 0 unspecified atom stereocenters. The molecule has 1 N–H and O–H groups in total. The van der Waals surface area contributed by atoms with Gasteiger partial charge in [0.1, 0.15) is 11.4 Å². The number of benzene rings is 1. The van der Waals surface area contributed by atoms with Gasteiger partial charge in [-0.25, -0.2) is 4.79 Å². The lowest BCUT2D eigenvalue weighted by atomic mass is 10.2. The number of halogens is 1. The third-order valence-electron chi connectivity index (χ3n) is 1.88. The molecular weight excluding hydrogens is 298 g/mol. The van der Waals surface area contributed by atoms with Crippen LogP contribution in [0.4, 0.5) is 10.5 Å². The summed E-state index contributed by atoms with van der Waals surface area (Å²) in [6.07, 6.45) is -0.479. The van der Waals surface area contributed by atoms with Gasteiger partial charge in [-0.15, -0.1) is 0 Å². The van der Waals surface area contributed by atoms with Gasteiger partial charge in [0.2, 0.25) is 0 Å². The second kappa shape index (κ2) is 6.09. The molecule has 0 atom stereocenters. The van der Waals surface area contributed by atoms with Crippen LogP contribution in [0.15, 0.2) is 22.7 Å². The molecule has 0 heterocycles. The molecule has 0 radical (unpaired) electrons. The molecule has 5 heteroatoms. The Morgan fingerprint density at radius 2 is 2.06 bits per heavy atom. The highest BCUT2D eigenvalue weighted by molar-refractivity contribution is 9.10. The summed E-state index contributed by atoms with van der Waals surface area (Å²) in [7, 11) is 0. The molecule has 0 aliphatic heterocycles. The average molecular weight is 316 g/mol. The minimum atomic E-state index is -0.512. The quantitative estimate of drug-likeness (QED) is 0.909. The summed E-state index contributed by atoms with van der Waals surface area (Å²) >= 11 is 3.38. The van der Waals surface area contributed by atoms with Crippen molar-refractivity contribution in [3.05, 3.63) is 22.7 Å². The van der Waals surface area contributed by atoms with Gasteiger partial charge in [0, 0.05) is 11.8 Å². The van der Waals surface area contributed by atoms with Crippen LogP contribution >= 0.6 is 15.9 Å². The van der Waals surface area contributed by atoms with Crippen molar-refractivity contribution < 1.29 is 14.3 Å². The van der Waals surface area contributed by atoms with E-state index >= 15 is 0 Å². The van der Waals surface area contributed by atoms with Crippen molar-refractivity contribution in [3.63, 3.8) is 0 Å². The maximum absolute atomic E-state index is 11.6. The molecule has 0 fully saturated rings.